The summed E-state index contributed by atoms with van der Waals surface area (Å²) in [4.78, 5) is 23.5. The number of nitrogens with one attached hydrogen (secondary N) is 1. The molecule has 1 saturated heterocycles. The standard InChI is InChI=1S/C14H27NO4Si/c1-8-9(16)18-12-10(11(17)15-12)14(5,13(2,3)4)19-20(6)7/h10,12,20H,8H2,1-7H3,(H,15,17)/t10-,12+,14+/m0/s1. The van der Waals surface area contributed by atoms with Crippen molar-refractivity contribution in [1.29, 1.82) is 0 Å². The Hall–Kier alpha value is -0.883. The number of carbonyl (C=O) groups excluding carboxylic acids is 2. The average molecular weight is 301 g/mol. The lowest BCUT2D eigenvalue weighted by Gasteiger charge is -2.53. The Balaban J connectivity index is 3.00. The first-order valence-corrected chi connectivity index (χ1v) is 9.98. The van der Waals surface area contributed by atoms with E-state index in [1.54, 1.807) is 6.92 Å². The maximum absolute atomic E-state index is 12.0. The van der Waals surface area contributed by atoms with Gasteiger partial charge in [0.1, 0.15) is 5.92 Å². The molecule has 1 fully saturated rings. The van der Waals surface area contributed by atoms with Gasteiger partial charge in [0.05, 0.1) is 5.60 Å². The molecule has 0 radical (unpaired) electrons. The molecule has 20 heavy (non-hydrogen) atoms. The van der Waals surface area contributed by atoms with E-state index in [0.717, 1.165) is 0 Å². The minimum absolute atomic E-state index is 0.106. The van der Waals surface area contributed by atoms with Crippen LogP contribution in [-0.2, 0) is 18.8 Å². The molecule has 1 aliphatic heterocycles. The molecule has 0 saturated carbocycles. The van der Waals surface area contributed by atoms with Crippen LogP contribution in [0, 0.1) is 11.3 Å². The van der Waals surface area contributed by atoms with E-state index in [-0.39, 0.29) is 17.3 Å². The monoisotopic (exact) mass is 301 g/mol. The van der Waals surface area contributed by atoms with Crippen LogP contribution in [0.3, 0.4) is 0 Å². The third-order valence-electron chi connectivity index (χ3n) is 3.98. The smallest absolute Gasteiger partial charge is 0.307 e. The van der Waals surface area contributed by atoms with Crippen LogP contribution in [0.1, 0.15) is 41.0 Å². The summed E-state index contributed by atoms with van der Waals surface area (Å²) in [6, 6.07) is 0. The summed E-state index contributed by atoms with van der Waals surface area (Å²) >= 11 is 0. The van der Waals surface area contributed by atoms with Crippen molar-refractivity contribution in [3.63, 3.8) is 0 Å². The van der Waals surface area contributed by atoms with Crippen molar-refractivity contribution in [3.05, 3.63) is 0 Å². The Morgan fingerprint density at radius 2 is 1.85 bits per heavy atom. The van der Waals surface area contributed by atoms with Crippen LogP contribution in [0.5, 0.6) is 0 Å². The van der Waals surface area contributed by atoms with Gasteiger partial charge in [-0.1, -0.05) is 27.7 Å². The first-order chi connectivity index (χ1) is 9.02. The van der Waals surface area contributed by atoms with Crippen molar-refractivity contribution in [2.75, 3.05) is 0 Å². The zero-order valence-electron chi connectivity index (χ0n) is 13.6. The van der Waals surface area contributed by atoms with E-state index in [0.29, 0.717) is 6.42 Å². The fraction of sp³-hybridized carbons (Fsp3) is 0.857. The Bertz CT molecular complexity index is 391. The molecule has 0 aromatic heterocycles. The van der Waals surface area contributed by atoms with Crippen LogP contribution in [0.4, 0.5) is 0 Å². The number of hydrogen-bond donors (Lipinski definition) is 1. The molecule has 0 aromatic carbocycles. The number of amides is 1. The number of β-lactam (4-membered cyclic amide) rings is 1. The van der Waals surface area contributed by atoms with E-state index in [1.807, 2.05) is 27.7 Å². The normalized spacial score (nSPS) is 25.7. The molecule has 1 amide bonds. The summed E-state index contributed by atoms with van der Waals surface area (Å²) < 4.78 is 11.5. The van der Waals surface area contributed by atoms with Gasteiger partial charge in [-0.05, 0) is 25.4 Å². The van der Waals surface area contributed by atoms with Gasteiger partial charge in [0, 0.05) is 6.42 Å². The average Bonchev–Trinajstić information content (AvgIpc) is 2.24. The highest BCUT2D eigenvalue weighted by atomic mass is 28.3. The molecule has 1 aliphatic rings. The summed E-state index contributed by atoms with van der Waals surface area (Å²) in [7, 11) is -1.35. The fourth-order valence-electron chi connectivity index (χ4n) is 2.42. The van der Waals surface area contributed by atoms with Gasteiger partial charge in [0.15, 0.2) is 15.3 Å². The van der Waals surface area contributed by atoms with Crippen LogP contribution >= 0.6 is 0 Å². The lowest BCUT2D eigenvalue weighted by atomic mass is 9.67. The zero-order chi connectivity index (χ0) is 15.7. The highest BCUT2D eigenvalue weighted by Crippen LogP contribution is 2.44. The molecule has 0 unspecified atom stereocenters. The van der Waals surface area contributed by atoms with E-state index in [9.17, 15) is 9.59 Å². The summed E-state index contributed by atoms with van der Waals surface area (Å²) in [5, 5.41) is 2.66. The van der Waals surface area contributed by atoms with E-state index in [1.165, 1.54) is 0 Å². The Kier molecular flexibility index (Phi) is 5.02. The lowest BCUT2D eigenvalue weighted by molar-refractivity contribution is -0.194. The minimum atomic E-state index is -1.35. The summed E-state index contributed by atoms with van der Waals surface area (Å²) in [5.74, 6) is -0.864. The van der Waals surface area contributed by atoms with Gasteiger partial charge in [-0.25, -0.2) is 0 Å². The second-order valence-corrected chi connectivity index (χ2v) is 9.11. The third kappa shape index (κ3) is 3.23. The molecule has 0 aliphatic carbocycles. The van der Waals surface area contributed by atoms with E-state index >= 15 is 0 Å². The van der Waals surface area contributed by atoms with Gasteiger partial charge >= 0.3 is 5.97 Å². The van der Waals surface area contributed by atoms with Crippen molar-refractivity contribution < 1.29 is 18.8 Å². The largest absolute Gasteiger partial charge is 0.441 e. The first-order valence-electron chi connectivity index (χ1n) is 7.20. The minimum Gasteiger partial charge on any atom is -0.441 e. The zero-order valence-corrected chi connectivity index (χ0v) is 14.7. The summed E-state index contributed by atoms with van der Waals surface area (Å²) in [6.07, 6.45) is -0.280. The summed E-state index contributed by atoms with van der Waals surface area (Å²) in [5.41, 5.74) is -0.877. The molecule has 0 spiro atoms. The molecule has 0 aromatic rings. The van der Waals surface area contributed by atoms with Crippen LogP contribution < -0.4 is 5.32 Å². The molecule has 3 atom stereocenters. The second-order valence-electron chi connectivity index (χ2n) is 6.77. The summed E-state index contributed by atoms with van der Waals surface area (Å²) in [6.45, 7) is 14.0. The fourth-order valence-corrected chi connectivity index (χ4v) is 3.90. The molecule has 116 valence electrons. The van der Waals surface area contributed by atoms with Crippen molar-refractivity contribution in [1.82, 2.24) is 5.32 Å². The van der Waals surface area contributed by atoms with Gasteiger partial charge in [0.2, 0.25) is 5.91 Å². The van der Waals surface area contributed by atoms with Crippen molar-refractivity contribution in [3.8, 4) is 0 Å². The van der Waals surface area contributed by atoms with Crippen molar-refractivity contribution >= 4 is 20.9 Å². The van der Waals surface area contributed by atoms with Gasteiger partial charge in [-0.2, -0.15) is 0 Å². The number of rotatable bonds is 5. The van der Waals surface area contributed by atoms with Gasteiger partial charge in [-0.3, -0.25) is 9.59 Å². The number of carbonyl (C=O) groups is 2. The predicted molar refractivity (Wildman–Crippen MR) is 79.6 cm³/mol. The number of ether oxygens (including phenoxy) is 1. The lowest BCUT2D eigenvalue weighted by Crippen LogP contribution is -2.71. The Morgan fingerprint density at radius 1 is 1.30 bits per heavy atom. The quantitative estimate of drug-likeness (QED) is 0.478. The SMILES string of the molecule is CCC(=O)O[C@H]1NC(=O)[C@@H]1[C@@](C)(O[SiH](C)C)C(C)(C)C. The number of esters is 1. The van der Waals surface area contributed by atoms with Crippen molar-refractivity contribution in [2.45, 2.75) is 66.0 Å². The van der Waals surface area contributed by atoms with Crippen molar-refractivity contribution in [2.24, 2.45) is 11.3 Å². The molecule has 1 N–H and O–H groups in total. The molecule has 1 heterocycles. The Morgan fingerprint density at radius 3 is 2.20 bits per heavy atom. The van der Waals surface area contributed by atoms with Gasteiger partial charge < -0.3 is 14.5 Å². The maximum Gasteiger partial charge on any atom is 0.307 e. The molecule has 5 nitrogen and oxygen atoms in total. The van der Waals surface area contributed by atoms with E-state index in [2.05, 4.69) is 18.4 Å². The third-order valence-corrected chi connectivity index (χ3v) is 4.94. The predicted octanol–water partition coefficient (Wildman–Crippen LogP) is 1.82. The van der Waals surface area contributed by atoms with Gasteiger partial charge in [0.25, 0.3) is 0 Å². The Labute approximate surface area is 123 Å². The topological polar surface area (TPSA) is 64.6 Å². The van der Waals surface area contributed by atoms with E-state index < -0.39 is 26.8 Å². The van der Waals surface area contributed by atoms with E-state index in [4.69, 9.17) is 9.16 Å². The van der Waals surface area contributed by atoms with Crippen LogP contribution in [0.2, 0.25) is 13.1 Å². The molecular weight excluding hydrogens is 274 g/mol. The maximum atomic E-state index is 12.0. The van der Waals surface area contributed by atoms with Crippen LogP contribution in [0.25, 0.3) is 0 Å². The molecule has 1 rings (SSSR count). The molecule has 0 bridgehead atoms. The molecular formula is C14H27NO4Si. The number of hydrogen-bond acceptors (Lipinski definition) is 4. The second kappa shape index (κ2) is 5.85. The van der Waals surface area contributed by atoms with Crippen LogP contribution in [0.15, 0.2) is 0 Å². The highest BCUT2D eigenvalue weighted by Gasteiger charge is 2.58. The first kappa shape index (κ1) is 17.2. The van der Waals surface area contributed by atoms with Crippen LogP contribution in [-0.4, -0.2) is 32.7 Å². The molecule has 6 heteroatoms. The highest BCUT2D eigenvalue weighted by molar-refractivity contribution is 6.48. The van der Waals surface area contributed by atoms with Gasteiger partial charge in [-0.15, -0.1) is 0 Å².